The summed E-state index contributed by atoms with van der Waals surface area (Å²) < 4.78 is 5.46. The van der Waals surface area contributed by atoms with Crippen LogP contribution in [-0.2, 0) is 16.1 Å². The minimum absolute atomic E-state index is 0.0814. The molecule has 1 aromatic rings. The molecule has 0 radical (unpaired) electrons. The van der Waals surface area contributed by atoms with Crippen molar-refractivity contribution < 1.29 is 14.3 Å². The predicted molar refractivity (Wildman–Crippen MR) is 115 cm³/mol. The van der Waals surface area contributed by atoms with Crippen LogP contribution in [0.5, 0.6) is 5.75 Å². The van der Waals surface area contributed by atoms with Gasteiger partial charge in [-0.3, -0.25) is 14.5 Å². The number of hydrogen-bond acceptors (Lipinski definition) is 4. The number of ether oxygens (including phenoxy) is 1. The first-order chi connectivity index (χ1) is 14.6. The molecule has 6 nitrogen and oxygen atoms in total. The number of rotatable bonds is 4. The van der Waals surface area contributed by atoms with Gasteiger partial charge in [0.05, 0.1) is 7.11 Å². The Kier molecular flexibility index (Phi) is 6.01. The molecule has 1 aliphatic carbocycles. The number of hydrogen-bond donors (Lipinski definition) is 0. The maximum absolute atomic E-state index is 13.1. The number of methoxy groups -OCH3 is 1. The Bertz CT molecular complexity index is 856. The van der Waals surface area contributed by atoms with E-state index >= 15 is 0 Å². The number of benzene rings is 1. The molecule has 0 bridgehead atoms. The van der Waals surface area contributed by atoms with Gasteiger partial charge >= 0.3 is 0 Å². The van der Waals surface area contributed by atoms with E-state index in [1.807, 2.05) is 23.1 Å². The summed E-state index contributed by atoms with van der Waals surface area (Å²) in [5.74, 6) is 6.62. The number of para-hydroxylation sites is 1. The monoisotopic (exact) mass is 409 g/mol. The third-order valence-corrected chi connectivity index (χ3v) is 7.04. The molecule has 3 aliphatic rings. The zero-order chi connectivity index (χ0) is 21.1. The zero-order valence-electron chi connectivity index (χ0n) is 18.0. The van der Waals surface area contributed by atoms with E-state index in [0.29, 0.717) is 5.91 Å². The average Bonchev–Trinajstić information content (AvgIpc) is 3.47. The van der Waals surface area contributed by atoms with E-state index in [0.717, 1.165) is 70.8 Å². The molecule has 0 aromatic heterocycles. The maximum Gasteiger partial charge on any atom is 0.298 e. The Morgan fingerprint density at radius 1 is 1.07 bits per heavy atom. The topological polar surface area (TPSA) is 53.1 Å². The number of nitrogens with zero attached hydrogens (tertiary/aromatic N) is 3. The molecule has 160 valence electrons. The van der Waals surface area contributed by atoms with Gasteiger partial charge in [0.25, 0.3) is 5.91 Å². The first kappa shape index (κ1) is 20.7. The van der Waals surface area contributed by atoms with Crippen LogP contribution in [0.2, 0.25) is 0 Å². The molecular weight excluding hydrogens is 378 g/mol. The Balaban J connectivity index is 1.26. The van der Waals surface area contributed by atoms with Gasteiger partial charge < -0.3 is 14.5 Å². The molecule has 1 aromatic carbocycles. The second-order valence-electron chi connectivity index (χ2n) is 8.70. The van der Waals surface area contributed by atoms with Gasteiger partial charge in [-0.1, -0.05) is 24.1 Å². The predicted octanol–water partition coefficient (Wildman–Crippen LogP) is 1.99. The van der Waals surface area contributed by atoms with E-state index in [-0.39, 0.29) is 17.2 Å². The number of amides is 2. The van der Waals surface area contributed by atoms with Crippen LogP contribution >= 0.6 is 0 Å². The summed E-state index contributed by atoms with van der Waals surface area (Å²) >= 11 is 0. The Morgan fingerprint density at radius 3 is 2.43 bits per heavy atom. The van der Waals surface area contributed by atoms with Crippen LogP contribution in [0.3, 0.4) is 0 Å². The van der Waals surface area contributed by atoms with Crippen LogP contribution in [0.15, 0.2) is 24.3 Å². The summed E-state index contributed by atoms with van der Waals surface area (Å²) in [5, 5.41) is 0. The van der Waals surface area contributed by atoms with Crippen molar-refractivity contribution in [3.05, 3.63) is 29.8 Å². The second-order valence-corrected chi connectivity index (χ2v) is 8.70. The maximum atomic E-state index is 13.1. The Hall–Kier alpha value is -2.52. The van der Waals surface area contributed by atoms with Crippen LogP contribution in [0.4, 0.5) is 0 Å². The highest BCUT2D eigenvalue weighted by molar-refractivity contribution is 5.93. The lowest BCUT2D eigenvalue weighted by Crippen LogP contribution is -2.49. The van der Waals surface area contributed by atoms with Crippen molar-refractivity contribution in [3.8, 4) is 17.6 Å². The van der Waals surface area contributed by atoms with E-state index in [1.54, 1.807) is 14.0 Å². The van der Waals surface area contributed by atoms with Crippen LogP contribution in [0.25, 0.3) is 0 Å². The van der Waals surface area contributed by atoms with E-state index in [1.165, 1.54) is 5.56 Å². The zero-order valence-corrected chi connectivity index (χ0v) is 18.0. The summed E-state index contributed by atoms with van der Waals surface area (Å²) in [7, 11) is 1.71. The lowest BCUT2D eigenvalue weighted by atomic mass is 9.90. The van der Waals surface area contributed by atoms with Crippen molar-refractivity contribution in [2.45, 2.75) is 32.7 Å². The van der Waals surface area contributed by atoms with Crippen LogP contribution in [0, 0.1) is 23.2 Å². The SMILES string of the molecule is CC#CC(=O)N1CCC2(CC1)CC2C(=O)N1CCN(Cc2ccccc2OC)CC1. The summed E-state index contributed by atoms with van der Waals surface area (Å²) in [6.45, 7) is 7.35. The molecule has 4 rings (SSSR count). The van der Waals surface area contributed by atoms with Crippen molar-refractivity contribution in [1.29, 1.82) is 0 Å². The standard InChI is InChI=1S/C24H31N3O3/c1-3-6-22(28)26-11-9-24(10-12-26)17-20(24)23(29)27-15-13-25(14-16-27)18-19-7-4-5-8-21(19)30-2/h4-5,7-8,20H,9-18H2,1-2H3. The molecule has 2 heterocycles. The van der Waals surface area contributed by atoms with E-state index in [9.17, 15) is 9.59 Å². The van der Waals surface area contributed by atoms with Crippen LogP contribution < -0.4 is 4.74 Å². The lowest BCUT2D eigenvalue weighted by molar-refractivity contribution is -0.135. The minimum Gasteiger partial charge on any atom is -0.496 e. The van der Waals surface area contributed by atoms with Gasteiger partial charge in [0.15, 0.2) is 0 Å². The number of piperazine rings is 1. The van der Waals surface area contributed by atoms with Gasteiger partial charge in [-0.05, 0) is 43.6 Å². The van der Waals surface area contributed by atoms with Crippen molar-refractivity contribution in [2.24, 2.45) is 11.3 Å². The highest BCUT2D eigenvalue weighted by atomic mass is 16.5. The summed E-state index contributed by atoms with van der Waals surface area (Å²) in [4.78, 5) is 31.3. The minimum atomic E-state index is -0.0814. The molecular formula is C24H31N3O3. The molecule has 2 amide bonds. The number of likely N-dealkylation sites (tertiary alicyclic amines) is 1. The van der Waals surface area contributed by atoms with E-state index in [2.05, 4.69) is 27.7 Å². The average molecular weight is 410 g/mol. The quantitative estimate of drug-likeness (QED) is 0.714. The Morgan fingerprint density at radius 2 is 1.77 bits per heavy atom. The van der Waals surface area contributed by atoms with Gasteiger partial charge in [-0.2, -0.15) is 0 Å². The number of carbonyl (C=O) groups excluding carboxylic acids is 2. The van der Waals surface area contributed by atoms with Crippen molar-refractivity contribution >= 4 is 11.8 Å². The van der Waals surface area contributed by atoms with Crippen molar-refractivity contribution in [1.82, 2.24) is 14.7 Å². The molecule has 6 heteroatoms. The molecule has 1 saturated carbocycles. The normalized spacial score (nSPS) is 22.9. The van der Waals surface area contributed by atoms with Crippen LogP contribution in [0.1, 0.15) is 31.7 Å². The highest BCUT2D eigenvalue weighted by Crippen LogP contribution is 2.60. The first-order valence-electron chi connectivity index (χ1n) is 10.9. The molecule has 2 saturated heterocycles. The molecule has 0 N–H and O–H groups in total. The fourth-order valence-electron chi connectivity index (χ4n) is 5.01. The molecule has 1 spiro atoms. The second kappa shape index (κ2) is 8.69. The fraction of sp³-hybridized carbons (Fsp3) is 0.583. The molecule has 2 aliphatic heterocycles. The van der Waals surface area contributed by atoms with E-state index < -0.39 is 0 Å². The highest BCUT2D eigenvalue weighted by Gasteiger charge is 2.59. The number of carbonyl (C=O) groups is 2. The van der Waals surface area contributed by atoms with Gasteiger partial charge in [0, 0.05) is 57.3 Å². The first-order valence-corrected chi connectivity index (χ1v) is 10.9. The smallest absolute Gasteiger partial charge is 0.298 e. The summed E-state index contributed by atoms with van der Waals surface area (Å²) in [6, 6.07) is 8.13. The third-order valence-electron chi connectivity index (χ3n) is 7.04. The fourth-order valence-corrected chi connectivity index (χ4v) is 5.01. The largest absolute Gasteiger partial charge is 0.496 e. The Labute approximate surface area is 179 Å². The van der Waals surface area contributed by atoms with Crippen LogP contribution in [-0.4, -0.2) is 72.9 Å². The van der Waals surface area contributed by atoms with Crippen molar-refractivity contribution in [3.63, 3.8) is 0 Å². The van der Waals surface area contributed by atoms with E-state index in [4.69, 9.17) is 4.74 Å². The molecule has 30 heavy (non-hydrogen) atoms. The van der Waals surface area contributed by atoms with Gasteiger partial charge in [0.2, 0.25) is 5.91 Å². The molecule has 1 atom stereocenters. The number of piperidine rings is 1. The van der Waals surface area contributed by atoms with Gasteiger partial charge in [-0.15, -0.1) is 0 Å². The molecule has 3 fully saturated rings. The third kappa shape index (κ3) is 4.17. The summed E-state index contributed by atoms with van der Waals surface area (Å²) in [5.41, 5.74) is 1.32. The van der Waals surface area contributed by atoms with Gasteiger partial charge in [-0.25, -0.2) is 0 Å². The van der Waals surface area contributed by atoms with Gasteiger partial charge in [0.1, 0.15) is 5.75 Å². The lowest BCUT2D eigenvalue weighted by Gasteiger charge is -2.36. The summed E-state index contributed by atoms with van der Waals surface area (Å²) in [6.07, 6.45) is 2.83. The molecule has 1 unspecified atom stereocenters. The van der Waals surface area contributed by atoms with Crippen molar-refractivity contribution in [2.75, 3.05) is 46.4 Å².